The Hall–Kier alpha value is -1.10. The van der Waals surface area contributed by atoms with Crippen LogP contribution in [0.1, 0.15) is 60.0 Å². The molecular formula is C13H16BrNO3. The molecule has 0 aliphatic heterocycles. The third-order valence-corrected chi connectivity index (χ3v) is 3.34. The van der Waals surface area contributed by atoms with Gasteiger partial charge in [-0.05, 0) is 49.5 Å². The SMILES string of the molecule is CC(C)(C)OC(=O)c1c(Br)[nH]c2c1C(=O)CCC2. The number of aryl methyl sites for hydroxylation is 1. The monoisotopic (exact) mass is 313 g/mol. The van der Waals surface area contributed by atoms with Crippen LogP contribution in [0.25, 0.3) is 0 Å². The van der Waals surface area contributed by atoms with Gasteiger partial charge in [0.25, 0.3) is 0 Å². The molecule has 0 bridgehead atoms. The van der Waals surface area contributed by atoms with Gasteiger partial charge in [-0.2, -0.15) is 0 Å². The van der Waals surface area contributed by atoms with Crippen molar-refractivity contribution in [3.63, 3.8) is 0 Å². The van der Waals surface area contributed by atoms with Gasteiger partial charge in [-0.3, -0.25) is 4.79 Å². The molecular weight excluding hydrogens is 298 g/mol. The van der Waals surface area contributed by atoms with Crippen molar-refractivity contribution in [3.8, 4) is 0 Å². The Labute approximate surface area is 114 Å². The number of rotatable bonds is 1. The Bertz CT molecular complexity index is 511. The zero-order valence-corrected chi connectivity index (χ0v) is 12.3. The molecule has 0 fully saturated rings. The van der Waals surface area contributed by atoms with Gasteiger partial charge in [-0.25, -0.2) is 4.79 Å². The summed E-state index contributed by atoms with van der Waals surface area (Å²) in [6.07, 6.45) is 2.11. The van der Waals surface area contributed by atoms with Crippen LogP contribution >= 0.6 is 15.9 Å². The number of ether oxygens (including phenoxy) is 1. The van der Waals surface area contributed by atoms with E-state index in [0.29, 0.717) is 22.2 Å². The summed E-state index contributed by atoms with van der Waals surface area (Å²) in [5.74, 6) is -0.443. The number of carbonyl (C=O) groups is 2. The first-order valence-electron chi connectivity index (χ1n) is 5.96. The first kappa shape index (κ1) is 13.3. The van der Waals surface area contributed by atoms with Crippen LogP contribution in [0, 0.1) is 0 Å². The quantitative estimate of drug-likeness (QED) is 0.810. The first-order chi connectivity index (χ1) is 8.29. The number of fused-ring (bicyclic) bond motifs is 1. The number of halogens is 1. The van der Waals surface area contributed by atoms with Crippen LogP contribution in [0.4, 0.5) is 0 Å². The zero-order chi connectivity index (χ0) is 13.5. The molecule has 1 heterocycles. The Morgan fingerprint density at radius 2 is 2.00 bits per heavy atom. The molecule has 0 aromatic carbocycles. The highest BCUT2D eigenvalue weighted by Crippen LogP contribution is 2.31. The molecule has 0 atom stereocenters. The van der Waals surface area contributed by atoms with Crippen LogP contribution < -0.4 is 0 Å². The number of aromatic nitrogens is 1. The lowest BCUT2D eigenvalue weighted by Gasteiger charge is -2.20. The fourth-order valence-corrected chi connectivity index (χ4v) is 2.68. The Morgan fingerprint density at radius 3 is 2.61 bits per heavy atom. The van der Waals surface area contributed by atoms with Crippen LogP contribution in [-0.2, 0) is 11.2 Å². The molecule has 0 unspecified atom stereocenters. The highest BCUT2D eigenvalue weighted by atomic mass is 79.9. The maximum atomic E-state index is 12.1. The molecule has 18 heavy (non-hydrogen) atoms. The average Bonchev–Trinajstić information content (AvgIpc) is 2.53. The van der Waals surface area contributed by atoms with E-state index in [1.807, 2.05) is 0 Å². The van der Waals surface area contributed by atoms with Crippen LogP contribution in [0.15, 0.2) is 4.60 Å². The highest BCUT2D eigenvalue weighted by molar-refractivity contribution is 9.10. The average molecular weight is 314 g/mol. The van der Waals surface area contributed by atoms with Crippen molar-refractivity contribution in [1.29, 1.82) is 0 Å². The Balaban J connectivity index is 2.42. The van der Waals surface area contributed by atoms with E-state index >= 15 is 0 Å². The summed E-state index contributed by atoms with van der Waals surface area (Å²) in [6, 6.07) is 0. The minimum atomic E-state index is -0.571. The van der Waals surface area contributed by atoms with Gasteiger partial charge in [0.15, 0.2) is 5.78 Å². The summed E-state index contributed by atoms with van der Waals surface area (Å²) in [6.45, 7) is 5.42. The van der Waals surface area contributed by atoms with Gasteiger partial charge in [0.1, 0.15) is 11.2 Å². The molecule has 4 nitrogen and oxygen atoms in total. The van der Waals surface area contributed by atoms with Gasteiger partial charge in [0.05, 0.1) is 10.2 Å². The summed E-state index contributed by atoms with van der Waals surface area (Å²) >= 11 is 3.30. The normalized spacial score (nSPS) is 15.4. The van der Waals surface area contributed by atoms with Gasteiger partial charge in [-0.1, -0.05) is 0 Å². The number of hydrogen-bond donors (Lipinski definition) is 1. The molecule has 0 radical (unpaired) electrons. The molecule has 0 amide bonds. The number of aromatic amines is 1. The second-order valence-corrected chi connectivity index (χ2v) is 6.24. The molecule has 5 heteroatoms. The van der Waals surface area contributed by atoms with Gasteiger partial charge >= 0.3 is 5.97 Å². The number of carbonyl (C=O) groups excluding carboxylic acids is 2. The lowest BCUT2D eigenvalue weighted by molar-refractivity contribution is 0.00668. The smallest absolute Gasteiger partial charge is 0.342 e. The molecule has 0 saturated carbocycles. The van der Waals surface area contributed by atoms with E-state index in [4.69, 9.17) is 4.74 Å². The molecule has 1 aliphatic carbocycles. The number of Topliss-reactive ketones (excluding diaryl/α,β-unsaturated/α-hetero) is 1. The summed E-state index contributed by atoms with van der Waals surface area (Å²) < 4.78 is 5.88. The fraction of sp³-hybridized carbons (Fsp3) is 0.538. The second-order valence-electron chi connectivity index (χ2n) is 5.45. The number of H-pyrrole nitrogens is 1. The largest absolute Gasteiger partial charge is 0.456 e. The summed E-state index contributed by atoms with van der Waals surface area (Å²) in [7, 11) is 0. The van der Waals surface area contributed by atoms with Crippen molar-refractivity contribution in [2.75, 3.05) is 0 Å². The number of ketones is 1. The standard InChI is InChI=1S/C13H16BrNO3/c1-13(2,3)18-12(17)10-9-7(15-11(10)14)5-4-6-8(9)16/h15H,4-6H2,1-3H3. The first-order valence-corrected chi connectivity index (χ1v) is 6.76. The van der Waals surface area contributed by atoms with Crippen molar-refractivity contribution in [2.45, 2.75) is 45.6 Å². The van der Waals surface area contributed by atoms with E-state index in [2.05, 4.69) is 20.9 Å². The molecule has 0 spiro atoms. The number of hydrogen-bond acceptors (Lipinski definition) is 3. The van der Waals surface area contributed by atoms with Crippen LogP contribution in [0.2, 0.25) is 0 Å². The molecule has 2 rings (SSSR count). The maximum Gasteiger partial charge on any atom is 0.342 e. The minimum Gasteiger partial charge on any atom is -0.456 e. The van der Waals surface area contributed by atoms with E-state index in [0.717, 1.165) is 18.5 Å². The minimum absolute atomic E-state index is 0.0130. The molecule has 1 aliphatic rings. The van der Waals surface area contributed by atoms with Gasteiger partial charge in [0.2, 0.25) is 0 Å². The molecule has 0 saturated heterocycles. The third kappa shape index (κ3) is 2.51. The highest BCUT2D eigenvalue weighted by Gasteiger charge is 2.31. The zero-order valence-electron chi connectivity index (χ0n) is 10.7. The lowest BCUT2D eigenvalue weighted by Crippen LogP contribution is -2.25. The molecule has 1 aromatic rings. The van der Waals surface area contributed by atoms with E-state index < -0.39 is 11.6 Å². The Kier molecular flexibility index (Phi) is 3.36. The van der Waals surface area contributed by atoms with Crippen molar-refractivity contribution in [1.82, 2.24) is 4.98 Å². The fourth-order valence-electron chi connectivity index (χ4n) is 2.08. The van der Waals surface area contributed by atoms with E-state index in [1.54, 1.807) is 20.8 Å². The van der Waals surface area contributed by atoms with Crippen molar-refractivity contribution in [3.05, 3.63) is 21.4 Å². The predicted octanol–water partition coefficient (Wildman–Crippen LogP) is 3.25. The summed E-state index contributed by atoms with van der Waals surface area (Å²) in [4.78, 5) is 27.1. The predicted molar refractivity (Wildman–Crippen MR) is 70.9 cm³/mol. The van der Waals surface area contributed by atoms with E-state index in [-0.39, 0.29) is 5.78 Å². The van der Waals surface area contributed by atoms with Crippen LogP contribution in [0.3, 0.4) is 0 Å². The van der Waals surface area contributed by atoms with Gasteiger partial charge in [0, 0.05) is 12.1 Å². The van der Waals surface area contributed by atoms with Gasteiger partial charge < -0.3 is 9.72 Å². The van der Waals surface area contributed by atoms with E-state index in [1.165, 1.54) is 0 Å². The summed E-state index contributed by atoms with van der Waals surface area (Å²) in [5.41, 5.74) is 1.10. The Morgan fingerprint density at radius 1 is 1.33 bits per heavy atom. The van der Waals surface area contributed by atoms with E-state index in [9.17, 15) is 9.59 Å². The van der Waals surface area contributed by atoms with Crippen LogP contribution in [0.5, 0.6) is 0 Å². The van der Waals surface area contributed by atoms with Crippen LogP contribution in [-0.4, -0.2) is 22.3 Å². The number of esters is 1. The lowest BCUT2D eigenvalue weighted by atomic mass is 9.94. The topological polar surface area (TPSA) is 59.2 Å². The maximum absolute atomic E-state index is 12.1. The van der Waals surface area contributed by atoms with Crippen molar-refractivity contribution >= 4 is 27.7 Å². The third-order valence-electron chi connectivity index (χ3n) is 2.74. The second kappa shape index (κ2) is 4.53. The molecule has 1 aromatic heterocycles. The molecule has 98 valence electrons. The molecule has 1 N–H and O–H groups in total. The summed E-state index contributed by atoms with van der Waals surface area (Å²) in [5, 5.41) is 0. The van der Waals surface area contributed by atoms with Gasteiger partial charge in [-0.15, -0.1) is 0 Å². The van der Waals surface area contributed by atoms with Crippen molar-refractivity contribution < 1.29 is 14.3 Å². The van der Waals surface area contributed by atoms with Crippen molar-refractivity contribution in [2.24, 2.45) is 0 Å². The number of nitrogens with one attached hydrogen (secondary N) is 1.